The molecule has 1 saturated heterocycles. The van der Waals surface area contributed by atoms with E-state index in [9.17, 15) is 19.5 Å². The second-order valence-corrected chi connectivity index (χ2v) is 9.60. The quantitative estimate of drug-likeness (QED) is 0.604. The van der Waals surface area contributed by atoms with E-state index in [4.69, 9.17) is 9.47 Å². The highest BCUT2D eigenvalue weighted by Crippen LogP contribution is 2.48. The molecule has 35 heavy (non-hydrogen) atoms. The summed E-state index contributed by atoms with van der Waals surface area (Å²) in [7, 11) is 0. The highest BCUT2D eigenvalue weighted by molar-refractivity contribution is 5.87. The first-order chi connectivity index (χ1) is 16.9. The van der Waals surface area contributed by atoms with Crippen LogP contribution in [0.4, 0.5) is 4.79 Å². The molecule has 8 heteroatoms. The van der Waals surface area contributed by atoms with Crippen molar-refractivity contribution in [1.82, 2.24) is 10.2 Å². The zero-order chi connectivity index (χ0) is 24.6. The average Bonchev–Trinajstić information content (AvgIpc) is 3.38. The lowest BCUT2D eigenvalue weighted by Crippen LogP contribution is -2.51. The summed E-state index contributed by atoms with van der Waals surface area (Å²) in [5.41, 5.74) is 3.90. The number of carbonyl (C=O) groups is 3. The lowest BCUT2D eigenvalue weighted by atomic mass is 9.98. The molecule has 5 rings (SSSR count). The second kappa shape index (κ2) is 9.34. The monoisotopic (exact) mass is 478 g/mol. The number of carboxylic acids is 1. The van der Waals surface area contributed by atoms with Gasteiger partial charge in [-0.1, -0.05) is 48.5 Å². The molecule has 0 spiro atoms. The minimum atomic E-state index is -0.958. The molecule has 0 bridgehead atoms. The molecule has 0 aromatic heterocycles. The van der Waals surface area contributed by atoms with Crippen molar-refractivity contribution in [3.63, 3.8) is 0 Å². The van der Waals surface area contributed by atoms with Crippen molar-refractivity contribution in [1.29, 1.82) is 0 Å². The molecular formula is C27H30N2O6. The largest absolute Gasteiger partial charge is 0.481 e. The van der Waals surface area contributed by atoms with Crippen LogP contribution in [-0.2, 0) is 19.1 Å². The number of rotatable bonds is 8. The lowest BCUT2D eigenvalue weighted by Gasteiger charge is -2.32. The Hall–Kier alpha value is -3.39. The fourth-order valence-corrected chi connectivity index (χ4v) is 5.43. The number of aliphatic carboxylic acids is 1. The van der Waals surface area contributed by atoms with E-state index < -0.39 is 29.4 Å². The summed E-state index contributed by atoms with van der Waals surface area (Å²) in [5.74, 6) is -1.85. The number of hydrogen-bond donors (Lipinski definition) is 2. The molecule has 2 unspecified atom stereocenters. The van der Waals surface area contributed by atoms with Crippen LogP contribution in [0, 0.1) is 11.3 Å². The summed E-state index contributed by atoms with van der Waals surface area (Å²) in [6.07, 6.45) is 0.746. The van der Waals surface area contributed by atoms with Crippen LogP contribution in [-0.4, -0.2) is 66.9 Å². The van der Waals surface area contributed by atoms with Gasteiger partial charge in [-0.2, -0.15) is 0 Å². The number of alkyl carbamates (subject to hydrolysis) is 1. The fraction of sp³-hybridized carbons (Fsp3) is 0.444. The topological polar surface area (TPSA) is 105 Å². The van der Waals surface area contributed by atoms with Crippen molar-refractivity contribution in [3.05, 3.63) is 59.7 Å². The standard InChI is InChI=1S/C27H30N2O6/c1-2-29(23-15-34-13-22(23)24(30)31)25(32)27(11-12-27)16-28-26(33)35-14-21-19-9-5-3-7-17(19)18-8-4-6-10-20(18)21/h3-10,21-23H,2,11-16H2,1H3,(H,28,33)(H,30,31). The van der Waals surface area contributed by atoms with Gasteiger partial charge in [0.05, 0.1) is 24.7 Å². The summed E-state index contributed by atoms with van der Waals surface area (Å²) in [6.45, 7) is 2.93. The number of nitrogens with one attached hydrogen (secondary N) is 1. The van der Waals surface area contributed by atoms with Crippen LogP contribution < -0.4 is 5.32 Å². The molecule has 1 heterocycles. The van der Waals surface area contributed by atoms with Crippen molar-refractivity contribution in [2.45, 2.75) is 31.7 Å². The van der Waals surface area contributed by atoms with Crippen LogP contribution in [0.25, 0.3) is 11.1 Å². The summed E-state index contributed by atoms with van der Waals surface area (Å²) in [6, 6.07) is 15.8. The SMILES string of the molecule is CCN(C(=O)C1(CNC(=O)OCC2c3ccccc3-c3ccccc32)CC1)C1COCC1C(=O)O. The molecule has 1 saturated carbocycles. The Bertz CT molecular complexity index is 1100. The Morgan fingerprint density at radius 2 is 1.69 bits per heavy atom. The first kappa shape index (κ1) is 23.4. The predicted octanol–water partition coefficient (Wildman–Crippen LogP) is 3.25. The highest BCUT2D eigenvalue weighted by Gasteiger charge is 2.54. The summed E-state index contributed by atoms with van der Waals surface area (Å²) >= 11 is 0. The molecule has 2 fully saturated rings. The Labute approximate surface area is 204 Å². The molecule has 8 nitrogen and oxygen atoms in total. The number of fused-ring (bicyclic) bond motifs is 3. The maximum absolute atomic E-state index is 13.4. The Morgan fingerprint density at radius 3 is 2.26 bits per heavy atom. The van der Waals surface area contributed by atoms with Gasteiger partial charge in [0.2, 0.25) is 5.91 Å². The molecule has 1 aliphatic heterocycles. The van der Waals surface area contributed by atoms with Gasteiger partial charge in [0.1, 0.15) is 12.5 Å². The number of amides is 2. The molecule has 2 N–H and O–H groups in total. The predicted molar refractivity (Wildman–Crippen MR) is 128 cm³/mol. The van der Waals surface area contributed by atoms with Crippen LogP contribution in [0.15, 0.2) is 48.5 Å². The van der Waals surface area contributed by atoms with Gasteiger partial charge in [0.15, 0.2) is 0 Å². The molecule has 2 aliphatic carbocycles. The zero-order valence-corrected chi connectivity index (χ0v) is 19.7. The number of benzene rings is 2. The van der Waals surface area contributed by atoms with Crippen LogP contribution in [0.2, 0.25) is 0 Å². The minimum absolute atomic E-state index is 0.0319. The number of ether oxygens (including phenoxy) is 2. The lowest BCUT2D eigenvalue weighted by molar-refractivity contribution is -0.146. The fourth-order valence-electron chi connectivity index (χ4n) is 5.43. The van der Waals surface area contributed by atoms with Gasteiger partial charge < -0.3 is 24.8 Å². The van der Waals surface area contributed by atoms with Gasteiger partial charge in [-0.05, 0) is 42.0 Å². The van der Waals surface area contributed by atoms with Crippen molar-refractivity contribution in [2.24, 2.45) is 11.3 Å². The van der Waals surface area contributed by atoms with Crippen molar-refractivity contribution < 1.29 is 29.0 Å². The third-order valence-corrected chi connectivity index (χ3v) is 7.59. The highest BCUT2D eigenvalue weighted by atomic mass is 16.5. The van der Waals surface area contributed by atoms with Crippen LogP contribution in [0.3, 0.4) is 0 Å². The maximum Gasteiger partial charge on any atom is 0.407 e. The summed E-state index contributed by atoms with van der Waals surface area (Å²) in [4.78, 5) is 39.1. The number of carbonyl (C=O) groups excluding carboxylic acids is 2. The summed E-state index contributed by atoms with van der Waals surface area (Å²) < 4.78 is 11.0. The van der Waals surface area contributed by atoms with E-state index in [1.165, 1.54) is 0 Å². The second-order valence-electron chi connectivity index (χ2n) is 9.60. The van der Waals surface area contributed by atoms with Gasteiger partial charge in [-0.3, -0.25) is 9.59 Å². The molecular weight excluding hydrogens is 448 g/mol. The van der Waals surface area contributed by atoms with E-state index in [0.29, 0.717) is 19.4 Å². The van der Waals surface area contributed by atoms with Gasteiger partial charge in [0, 0.05) is 19.0 Å². The van der Waals surface area contributed by atoms with Gasteiger partial charge in [0.25, 0.3) is 0 Å². The van der Waals surface area contributed by atoms with E-state index >= 15 is 0 Å². The third kappa shape index (κ3) is 4.27. The molecule has 0 radical (unpaired) electrons. The molecule has 3 aliphatic rings. The number of nitrogens with zero attached hydrogens (tertiary/aromatic N) is 1. The van der Waals surface area contributed by atoms with Gasteiger partial charge >= 0.3 is 12.1 Å². The van der Waals surface area contributed by atoms with Crippen molar-refractivity contribution in [3.8, 4) is 11.1 Å². The van der Waals surface area contributed by atoms with Crippen molar-refractivity contribution in [2.75, 3.05) is 32.9 Å². The van der Waals surface area contributed by atoms with Crippen LogP contribution >= 0.6 is 0 Å². The van der Waals surface area contributed by atoms with Crippen LogP contribution in [0.5, 0.6) is 0 Å². The van der Waals surface area contributed by atoms with Crippen LogP contribution in [0.1, 0.15) is 36.8 Å². The number of hydrogen-bond acceptors (Lipinski definition) is 5. The van der Waals surface area contributed by atoms with E-state index in [1.54, 1.807) is 4.90 Å². The van der Waals surface area contributed by atoms with E-state index in [1.807, 2.05) is 31.2 Å². The molecule has 184 valence electrons. The Morgan fingerprint density at radius 1 is 1.06 bits per heavy atom. The van der Waals surface area contributed by atoms with E-state index in [-0.39, 0.29) is 38.2 Å². The smallest absolute Gasteiger partial charge is 0.407 e. The van der Waals surface area contributed by atoms with Gasteiger partial charge in [-0.15, -0.1) is 0 Å². The third-order valence-electron chi connectivity index (χ3n) is 7.59. The molecule has 2 atom stereocenters. The molecule has 2 amide bonds. The number of likely N-dealkylation sites (N-methyl/N-ethyl adjacent to an activating group) is 1. The first-order valence-corrected chi connectivity index (χ1v) is 12.2. The zero-order valence-electron chi connectivity index (χ0n) is 19.7. The summed E-state index contributed by atoms with van der Waals surface area (Å²) in [5, 5.41) is 12.3. The first-order valence-electron chi connectivity index (χ1n) is 12.2. The van der Waals surface area contributed by atoms with E-state index in [2.05, 4.69) is 29.6 Å². The maximum atomic E-state index is 13.4. The molecule has 2 aromatic carbocycles. The van der Waals surface area contributed by atoms with E-state index in [0.717, 1.165) is 22.3 Å². The average molecular weight is 479 g/mol. The normalized spacial score (nSPS) is 21.6. The molecule has 2 aromatic rings. The number of carboxylic acid groups (broad SMARTS) is 1. The van der Waals surface area contributed by atoms with Gasteiger partial charge in [-0.25, -0.2) is 4.79 Å². The van der Waals surface area contributed by atoms with Crippen molar-refractivity contribution >= 4 is 18.0 Å². The Balaban J connectivity index is 1.19. The Kier molecular flexibility index (Phi) is 6.23. The minimum Gasteiger partial charge on any atom is -0.481 e.